The molecular weight excluding hydrogens is 404 g/mol. The number of carbonyl (C=O) groups excluding carboxylic acids is 1. The highest BCUT2D eigenvalue weighted by molar-refractivity contribution is 7.92. The Labute approximate surface area is 169 Å². The molecule has 0 radical (unpaired) electrons. The van der Waals surface area contributed by atoms with Gasteiger partial charge in [0, 0.05) is 5.02 Å². The molecule has 0 unspecified atom stereocenters. The quantitative estimate of drug-likeness (QED) is 0.770. The van der Waals surface area contributed by atoms with Crippen molar-refractivity contribution in [2.75, 3.05) is 30.3 Å². The lowest BCUT2D eigenvalue weighted by Gasteiger charge is -2.24. The lowest BCUT2D eigenvalue weighted by Crippen LogP contribution is -2.41. The van der Waals surface area contributed by atoms with E-state index in [1.165, 1.54) is 0 Å². The summed E-state index contributed by atoms with van der Waals surface area (Å²) in [7, 11) is -3.65. The molecular formula is C19H21ClN2O5S. The second-order valence-corrected chi connectivity index (χ2v) is 8.78. The van der Waals surface area contributed by atoms with Gasteiger partial charge in [-0.2, -0.15) is 0 Å². The van der Waals surface area contributed by atoms with Crippen LogP contribution >= 0.6 is 11.6 Å². The number of sulfonamides is 1. The summed E-state index contributed by atoms with van der Waals surface area (Å²) in [6, 6.07) is 11.4. The smallest absolute Gasteiger partial charge is 0.241 e. The van der Waals surface area contributed by atoms with Crippen molar-refractivity contribution in [3.63, 3.8) is 0 Å². The average molecular weight is 425 g/mol. The highest BCUT2D eigenvalue weighted by Gasteiger charge is 2.22. The van der Waals surface area contributed by atoms with Crippen LogP contribution in [0.1, 0.15) is 18.5 Å². The fourth-order valence-electron chi connectivity index (χ4n) is 2.84. The van der Waals surface area contributed by atoms with E-state index in [-0.39, 0.29) is 12.6 Å². The molecule has 1 N–H and O–H groups in total. The predicted molar refractivity (Wildman–Crippen MR) is 108 cm³/mol. The molecule has 1 aliphatic heterocycles. The number of benzene rings is 2. The van der Waals surface area contributed by atoms with Crippen LogP contribution in [0.4, 0.5) is 5.69 Å². The Morgan fingerprint density at radius 3 is 2.43 bits per heavy atom. The number of anilines is 1. The van der Waals surface area contributed by atoms with Gasteiger partial charge in [-0.1, -0.05) is 17.7 Å². The molecule has 7 nitrogen and oxygen atoms in total. The van der Waals surface area contributed by atoms with Crippen molar-refractivity contribution >= 4 is 33.2 Å². The van der Waals surface area contributed by atoms with Crippen LogP contribution in [0.2, 0.25) is 5.02 Å². The van der Waals surface area contributed by atoms with Gasteiger partial charge in [-0.25, -0.2) is 8.42 Å². The lowest BCUT2D eigenvalue weighted by atomic mass is 10.1. The molecule has 1 amide bonds. The van der Waals surface area contributed by atoms with Gasteiger partial charge in [0.25, 0.3) is 0 Å². The second-order valence-electron chi connectivity index (χ2n) is 6.44. The van der Waals surface area contributed by atoms with Crippen LogP contribution < -0.4 is 19.1 Å². The Kier molecular flexibility index (Phi) is 6.00. The molecule has 2 aromatic rings. The minimum absolute atomic E-state index is 0.338. The number of hydrogen-bond acceptors (Lipinski definition) is 5. The summed E-state index contributed by atoms with van der Waals surface area (Å²) < 4.78 is 36.4. The summed E-state index contributed by atoms with van der Waals surface area (Å²) in [6.07, 6.45) is 1.05. The van der Waals surface area contributed by atoms with Crippen LogP contribution in [0, 0.1) is 0 Å². The maximum atomic E-state index is 12.5. The van der Waals surface area contributed by atoms with Crippen LogP contribution in [0.3, 0.4) is 0 Å². The van der Waals surface area contributed by atoms with Crippen LogP contribution in [0.15, 0.2) is 42.5 Å². The standard InChI is InChI=1S/C19H21ClN2O5S/c1-13(14-3-8-17-18(11-14)27-10-9-26-17)21-19(23)12-22(28(2,24)25)16-6-4-15(20)5-7-16/h3-8,11,13H,9-10,12H2,1-2H3,(H,21,23)/t13-/m0/s1. The Balaban J connectivity index is 1.71. The number of nitrogens with one attached hydrogen (secondary N) is 1. The third kappa shape index (κ3) is 4.88. The van der Waals surface area contributed by atoms with Crippen LogP contribution in [-0.4, -0.2) is 40.3 Å². The van der Waals surface area contributed by atoms with Crippen LogP contribution in [0.25, 0.3) is 0 Å². The van der Waals surface area contributed by atoms with Crippen molar-refractivity contribution in [3.05, 3.63) is 53.1 Å². The fourth-order valence-corrected chi connectivity index (χ4v) is 3.82. The van der Waals surface area contributed by atoms with Gasteiger partial charge in [-0.3, -0.25) is 9.10 Å². The molecule has 0 spiro atoms. The summed E-state index contributed by atoms with van der Waals surface area (Å²) >= 11 is 5.86. The zero-order valence-electron chi connectivity index (χ0n) is 15.5. The molecule has 0 fully saturated rings. The molecule has 3 rings (SSSR count). The molecule has 150 valence electrons. The van der Waals surface area contributed by atoms with E-state index in [0.717, 1.165) is 16.1 Å². The number of nitrogens with zero attached hydrogens (tertiary/aromatic N) is 1. The van der Waals surface area contributed by atoms with Crippen molar-refractivity contribution in [1.29, 1.82) is 0 Å². The van der Waals surface area contributed by atoms with E-state index in [1.54, 1.807) is 30.3 Å². The minimum atomic E-state index is -3.65. The Morgan fingerprint density at radius 2 is 1.79 bits per heavy atom. The molecule has 2 aromatic carbocycles. The number of hydrogen-bond donors (Lipinski definition) is 1. The van der Waals surface area contributed by atoms with Gasteiger partial charge in [-0.05, 0) is 48.9 Å². The molecule has 0 aliphatic carbocycles. The lowest BCUT2D eigenvalue weighted by molar-refractivity contribution is -0.120. The third-order valence-electron chi connectivity index (χ3n) is 4.25. The van der Waals surface area contributed by atoms with Crippen molar-refractivity contribution in [2.24, 2.45) is 0 Å². The minimum Gasteiger partial charge on any atom is -0.486 e. The van der Waals surface area contributed by atoms with E-state index < -0.39 is 15.9 Å². The topological polar surface area (TPSA) is 84.9 Å². The zero-order chi connectivity index (χ0) is 20.3. The molecule has 0 saturated heterocycles. The summed E-state index contributed by atoms with van der Waals surface area (Å²) in [5.41, 5.74) is 1.20. The molecule has 1 heterocycles. The monoisotopic (exact) mass is 424 g/mol. The summed E-state index contributed by atoms with van der Waals surface area (Å²) in [6.45, 7) is 2.46. The number of halogens is 1. The van der Waals surface area contributed by atoms with E-state index in [4.69, 9.17) is 21.1 Å². The van der Waals surface area contributed by atoms with Gasteiger partial charge in [0.2, 0.25) is 15.9 Å². The van der Waals surface area contributed by atoms with Gasteiger partial charge < -0.3 is 14.8 Å². The van der Waals surface area contributed by atoms with Crippen LogP contribution in [-0.2, 0) is 14.8 Å². The average Bonchev–Trinajstić information content (AvgIpc) is 2.65. The van der Waals surface area contributed by atoms with Gasteiger partial charge in [0.15, 0.2) is 11.5 Å². The summed E-state index contributed by atoms with van der Waals surface area (Å²) in [5, 5.41) is 3.30. The molecule has 0 aromatic heterocycles. The second kappa shape index (κ2) is 8.28. The maximum absolute atomic E-state index is 12.5. The number of carbonyl (C=O) groups is 1. The number of fused-ring (bicyclic) bond motifs is 1. The number of amides is 1. The summed E-state index contributed by atoms with van der Waals surface area (Å²) in [5.74, 6) is 0.867. The first-order valence-corrected chi connectivity index (χ1v) is 10.9. The van der Waals surface area contributed by atoms with Gasteiger partial charge in [0.05, 0.1) is 18.0 Å². The van der Waals surface area contributed by atoms with E-state index >= 15 is 0 Å². The number of rotatable bonds is 6. The van der Waals surface area contributed by atoms with Crippen LogP contribution in [0.5, 0.6) is 11.5 Å². The molecule has 1 atom stereocenters. The van der Waals surface area contributed by atoms with Gasteiger partial charge in [-0.15, -0.1) is 0 Å². The van der Waals surface area contributed by atoms with Crippen molar-refractivity contribution in [3.8, 4) is 11.5 Å². The van der Waals surface area contributed by atoms with Crippen molar-refractivity contribution in [2.45, 2.75) is 13.0 Å². The maximum Gasteiger partial charge on any atom is 0.241 e. The Bertz CT molecular complexity index is 963. The van der Waals surface area contributed by atoms with E-state index in [0.29, 0.717) is 35.4 Å². The molecule has 0 bridgehead atoms. The third-order valence-corrected chi connectivity index (χ3v) is 5.64. The Morgan fingerprint density at radius 1 is 1.14 bits per heavy atom. The van der Waals surface area contributed by atoms with Gasteiger partial charge in [0.1, 0.15) is 19.8 Å². The molecule has 9 heteroatoms. The first-order valence-electron chi connectivity index (χ1n) is 8.66. The molecule has 0 saturated carbocycles. The first-order chi connectivity index (χ1) is 13.2. The van der Waals surface area contributed by atoms with E-state index in [9.17, 15) is 13.2 Å². The number of ether oxygens (including phenoxy) is 2. The first kappa shape index (κ1) is 20.3. The van der Waals surface area contributed by atoms with Gasteiger partial charge >= 0.3 is 0 Å². The summed E-state index contributed by atoms with van der Waals surface area (Å²) in [4.78, 5) is 12.5. The predicted octanol–water partition coefficient (Wildman–Crippen LogP) is 2.75. The Hall–Kier alpha value is -2.45. The van der Waals surface area contributed by atoms with Crippen molar-refractivity contribution < 1.29 is 22.7 Å². The zero-order valence-corrected chi connectivity index (χ0v) is 17.1. The van der Waals surface area contributed by atoms with E-state index in [1.807, 2.05) is 19.1 Å². The normalized spacial score (nSPS) is 14.2. The van der Waals surface area contributed by atoms with Crippen molar-refractivity contribution in [1.82, 2.24) is 5.32 Å². The fraction of sp³-hybridized carbons (Fsp3) is 0.316. The van der Waals surface area contributed by atoms with E-state index in [2.05, 4.69) is 5.32 Å². The highest BCUT2D eigenvalue weighted by Crippen LogP contribution is 2.32. The molecule has 28 heavy (non-hydrogen) atoms. The highest BCUT2D eigenvalue weighted by atomic mass is 35.5. The SMILES string of the molecule is C[C@H](NC(=O)CN(c1ccc(Cl)cc1)S(C)(=O)=O)c1ccc2c(c1)OCCO2. The molecule has 1 aliphatic rings. The largest absolute Gasteiger partial charge is 0.486 e.